The first-order valence-corrected chi connectivity index (χ1v) is 13.6. The van der Waals surface area contributed by atoms with Crippen molar-refractivity contribution in [1.29, 1.82) is 0 Å². The summed E-state index contributed by atoms with van der Waals surface area (Å²) in [5.74, 6) is 2.75. The third kappa shape index (κ3) is 3.03. The lowest BCUT2D eigenvalue weighted by molar-refractivity contribution is 0.487. The zero-order valence-electron chi connectivity index (χ0n) is 21.5. The topological polar surface area (TPSA) is 27.1 Å². The Morgan fingerprint density at radius 3 is 2.25 bits per heavy atom. The molecule has 0 saturated carbocycles. The third-order valence-corrected chi connectivity index (χ3v) is 8.17. The van der Waals surface area contributed by atoms with Crippen LogP contribution < -0.4 is 4.74 Å². The molecule has 186 valence electrons. The first-order valence-electron chi connectivity index (χ1n) is 13.6. The first-order chi connectivity index (χ1) is 19.8. The maximum absolute atomic E-state index is 6.34. The molecule has 0 unspecified atom stereocenters. The number of hydrogen-bond acceptors (Lipinski definition) is 2. The zero-order chi connectivity index (χ0) is 26.2. The van der Waals surface area contributed by atoms with Gasteiger partial charge in [-0.1, -0.05) is 78.9 Å². The summed E-state index contributed by atoms with van der Waals surface area (Å²) >= 11 is 0. The summed E-state index contributed by atoms with van der Waals surface area (Å²) in [4.78, 5) is 5.03. The van der Waals surface area contributed by atoms with E-state index in [-0.39, 0.29) is 0 Å². The smallest absolute Gasteiger partial charge is 0.138 e. The van der Waals surface area contributed by atoms with Gasteiger partial charge >= 0.3 is 0 Å². The fourth-order valence-corrected chi connectivity index (χ4v) is 6.32. The fraction of sp³-hybridized carbons (Fsp3) is 0. The molecule has 0 saturated heterocycles. The molecule has 0 amide bonds. The average molecular weight is 511 g/mol. The molecule has 8 aromatic rings. The van der Waals surface area contributed by atoms with E-state index in [1.54, 1.807) is 0 Å². The molecule has 0 bridgehead atoms. The Kier molecular flexibility index (Phi) is 4.33. The van der Waals surface area contributed by atoms with Crippen molar-refractivity contribution in [3.05, 3.63) is 133 Å². The predicted octanol–water partition coefficient (Wildman–Crippen LogP) is 9.92. The van der Waals surface area contributed by atoms with Gasteiger partial charge in [-0.05, 0) is 76.7 Å². The van der Waals surface area contributed by atoms with Crippen LogP contribution >= 0.6 is 0 Å². The van der Waals surface area contributed by atoms with Crippen molar-refractivity contribution in [3.8, 4) is 39.6 Å². The van der Waals surface area contributed by atoms with E-state index in [1.165, 1.54) is 38.2 Å². The van der Waals surface area contributed by atoms with Crippen molar-refractivity contribution in [2.45, 2.75) is 0 Å². The van der Waals surface area contributed by atoms with Crippen molar-refractivity contribution in [3.63, 3.8) is 0 Å². The minimum absolute atomic E-state index is 0.898. The number of nitrogens with zero attached hydrogens (tertiary/aromatic N) is 2. The van der Waals surface area contributed by atoms with Gasteiger partial charge in [0.1, 0.15) is 17.3 Å². The quantitative estimate of drug-likeness (QED) is 0.231. The molecule has 0 radical (unpaired) electrons. The molecule has 3 heterocycles. The van der Waals surface area contributed by atoms with Crippen molar-refractivity contribution in [1.82, 2.24) is 9.55 Å². The first kappa shape index (κ1) is 21.5. The molecular weight excluding hydrogens is 488 g/mol. The summed E-state index contributed by atoms with van der Waals surface area (Å²) in [6.07, 6.45) is 0. The molecule has 2 aromatic heterocycles. The number of para-hydroxylation sites is 2. The van der Waals surface area contributed by atoms with Gasteiger partial charge in [-0.25, -0.2) is 4.98 Å². The van der Waals surface area contributed by atoms with Gasteiger partial charge < -0.3 is 4.74 Å². The molecule has 0 spiro atoms. The Hall–Kier alpha value is -5.41. The molecule has 0 atom stereocenters. The molecule has 0 fully saturated rings. The summed E-state index contributed by atoms with van der Waals surface area (Å²) in [7, 11) is 0. The van der Waals surface area contributed by atoms with Gasteiger partial charge in [-0.2, -0.15) is 0 Å². The van der Waals surface area contributed by atoms with Gasteiger partial charge in [0, 0.05) is 27.1 Å². The van der Waals surface area contributed by atoms with Gasteiger partial charge in [0.25, 0.3) is 0 Å². The van der Waals surface area contributed by atoms with Crippen molar-refractivity contribution in [2.75, 3.05) is 0 Å². The van der Waals surface area contributed by atoms with E-state index in [0.29, 0.717) is 0 Å². The Morgan fingerprint density at radius 1 is 0.500 bits per heavy atom. The molecule has 0 N–H and O–H groups in total. The second-order valence-corrected chi connectivity index (χ2v) is 10.4. The summed E-state index contributed by atoms with van der Waals surface area (Å²) in [6, 6.07) is 47.2. The van der Waals surface area contributed by atoms with Crippen LogP contribution in [0, 0.1) is 0 Å². The van der Waals surface area contributed by atoms with Crippen molar-refractivity contribution in [2.24, 2.45) is 0 Å². The molecule has 40 heavy (non-hydrogen) atoms. The van der Waals surface area contributed by atoms with Gasteiger partial charge in [-0.15, -0.1) is 0 Å². The van der Waals surface area contributed by atoms with Gasteiger partial charge in [0.2, 0.25) is 0 Å². The van der Waals surface area contributed by atoms with Crippen LogP contribution in [0.25, 0.3) is 71.6 Å². The van der Waals surface area contributed by atoms with Gasteiger partial charge in [0.15, 0.2) is 0 Å². The third-order valence-electron chi connectivity index (χ3n) is 8.17. The van der Waals surface area contributed by atoms with E-state index in [9.17, 15) is 0 Å². The largest absolute Gasteiger partial charge is 0.456 e. The van der Waals surface area contributed by atoms with Crippen LogP contribution in [0.4, 0.5) is 0 Å². The number of rotatable bonds is 2. The Balaban J connectivity index is 1.24. The lowest BCUT2D eigenvalue weighted by atomic mass is 9.92. The highest BCUT2D eigenvalue weighted by atomic mass is 16.5. The standard InChI is InChI=1S/C37H22N2O/c1-3-12-31-23(7-1)17-20-36(38-31)39-32-13-4-2-10-27(32)29-21-25(15-18-33(29)39)26-16-19-34-30(22-26)28-11-5-8-24-9-6-14-35(40-34)37(24)28/h1-22H. The highest BCUT2D eigenvalue weighted by molar-refractivity contribution is 6.11. The van der Waals surface area contributed by atoms with Crippen LogP contribution in [-0.4, -0.2) is 9.55 Å². The minimum atomic E-state index is 0.898. The summed E-state index contributed by atoms with van der Waals surface area (Å²) in [5, 5.41) is 5.95. The number of ether oxygens (including phenoxy) is 1. The van der Waals surface area contributed by atoms with Crippen molar-refractivity contribution < 1.29 is 4.74 Å². The molecule has 9 rings (SSSR count). The van der Waals surface area contributed by atoms with Crippen LogP contribution in [-0.2, 0) is 0 Å². The monoisotopic (exact) mass is 510 g/mol. The second-order valence-electron chi connectivity index (χ2n) is 10.4. The van der Waals surface area contributed by atoms with E-state index in [0.717, 1.165) is 44.8 Å². The zero-order valence-corrected chi connectivity index (χ0v) is 21.5. The normalized spacial score (nSPS) is 12.2. The highest BCUT2D eigenvalue weighted by Gasteiger charge is 2.21. The van der Waals surface area contributed by atoms with E-state index in [1.807, 2.05) is 6.07 Å². The molecule has 0 aliphatic carbocycles. The molecule has 6 aromatic carbocycles. The molecule has 3 nitrogen and oxygen atoms in total. The second kappa shape index (κ2) is 8.05. The van der Waals surface area contributed by atoms with Crippen molar-refractivity contribution >= 4 is 43.5 Å². The number of hydrogen-bond donors (Lipinski definition) is 0. The van der Waals surface area contributed by atoms with Crippen LogP contribution in [0.5, 0.6) is 11.5 Å². The summed E-state index contributed by atoms with van der Waals surface area (Å²) in [5.41, 5.74) is 7.99. The van der Waals surface area contributed by atoms with Crippen LogP contribution in [0.1, 0.15) is 0 Å². The Bertz CT molecular complexity index is 2310. The summed E-state index contributed by atoms with van der Waals surface area (Å²) < 4.78 is 8.62. The summed E-state index contributed by atoms with van der Waals surface area (Å²) in [6.45, 7) is 0. The van der Waals surface area contributed by atoms with Gasteiger partial charge in [0.05, 0.1) is 16.6 Å². The van der Waals surface area contributed by atoms with E-state index in [4.69, 9.17) is 9.72 Å². The molecule has 1 aliphatic heterocycles. The van der Waals surface area contributed by atoms with E-state index >= 15 is 0 Å². The predicted molar refractivity (Wildman–Crippen MR) is 165 cm³/mol. The van der Waals surface area contributed by atoms with Crippen LogP contribution in [0.3, 0.4) is 0 Å². The van der Waals surface area contributed by atoms with Crippen LogP contribution in [0.15, 0.2) is 133 Å². The van der Waals surface area contributed by atoms with E-state index < -0.39 is 0 Å². The van der Waals surface area contributed by atoms with Gasteiger partial charge in [-0.3, -0.25) is 4.57 Å². The SMILES string of the molecule is c1ccc2nc(-n3c4ccccc4c4cc(-c5ccc6c(c5)-c5cccc7cccc(c57)O6)ccc43)ccc2c1. The fourth-order valence-electron chi connectivity index (χ4n) is 6.32. The Morgan fingerprint density at radius 2 is 1.27 bits per heavy atom. The number of fused-ring (bicyclic) bond motifs is 6. The Labute approximate surface area is 230 Å². The molecular formula is C37H22N2O. The lowest BCUT2D eigenvalue weighted by Crippen LogP contribution is -1.98. The lowest BCUT2D eigenvalue weighted by Gasteiger charge is -2.22. The molecule has 3 heteroatoms. The van der Waals surface area contributed by atoms with Crippen LogP contribution in [0.2, 0.25) is 0 Å². The minimum Gasteiger partial charge on any atom is -0.456 e. The number of pyridine rings is 1. The number of aromatic nitrogens is 2. The highest BCUT2D eigenvalue weighted by Crippen LogP contribution is 2.47. The maximum Gasteiger partial charge on any atom is 0.138 e. The number of benzene rings is 6. The molecule has 1 aliphatic rings. The average Bonchev–Trinajstić information content (AvgIpc) is 3.35. The van der Waals surface area contributed by atoms with E-state index in [2.05, 4.69) is 132 Å². The maximum atomic E-state index is 6.34.